The van der Waals surface area contributed by atoms with Crippen LogP contribution in [0.2, 0.25) is 0 Å². The van der Waals surface area contributed by atoms with E-state index in [-0.39, 0.29) is 18.0 Å². The van der Waals surface area contributed by atoms with Crippen LogP contribution in [0, 0.1) is 0 Å². The van der Waals surface area contributed by atoms with Crippen molar-refractivity contribution < 1.29 is 18.3 Å². The van der Waals surface area contributed by atoms with Gasteiger partial charge in [-0.3, -0.25) is 0 Å². The van der Waals surface area contributed by atoms with Crippen LogP contribution in [0.25, 0.3) is 5.65 Å². The number of nitrogens with one attached hydrogen (secondary N) is 2. The maximum Gasteiger partial charge on any atom is 0.240 e. The molecule has 0 radical (unpaired) electrons. The molecule has 0 fully saturated rings. The third kappa shape index (κ3) is 5.23. The zero-order valence-corrected chi connectivity index (χ0v) is 16.0. The van der Waals surface area contributed by atoms with Crippen LogP contribution >= 0.6 is 0 Å². The fourth-order valence-electron chi connectivity index (χ4n) is 2.48. The Labute approximate surface area is 162 Å². The number of sulfonamides is 1. The van der Waals surface area contributed by atoms with E-state index in [4.69, 9.17) is 9.84 Å². The standard InChI is InChI=1S/C17H22N6O4S/c24-11-13-27-12-10-18-15-6-7-16-20-21-17(23(16)22-15)8-9-19-28(25,26)14-4-2-1-3-5-14/h1-7,19,24H,8-13H2,(H,18,22). The maximum absolute atomic E-state index is 12.3. The van der Waals surface area contributed by atoms with Gasteiger partial charge in [0.25, 0.3) is 0 Å². The second kappa shape index (κ2) is 9.55. The normalized spacial score (nSPS) is 11.8. The lowest BCUT2D eigenvalue weighted by Crippen LogP contribution is -2.26. The summed E-state index contributed by atoms with van der Waals surface area (Å²) in [6, 6.07) is 11.7. The molecule has 3 aromatic rings. The van der Waals surface area contributed by atoms with Crippen molar-refractivity contribution in [2.75, 3.05) is 38.2 Å². The lowest BCUT2D eigenvalue weighted by atomic mass is 10.4. The number of rotatable bonds is 11. The number of aliphatic hydroxyl groups excluding tert-OH is 1. The summed E-state index contributed by atoms with van der Waals surface area (Å²) in [7, 11) is -3.57. The highest BCUT2D eigenvalue weighted by Crippen LogP contribution is 2.09. The third-order valence-corrected chi connectivity index (χ3v) is 5.29. The largest absolute Gasteiger partial charge is 0.394 e. The molecular formula is C17H22N6O4S. The molecule has 11 heteroatoms. The number of nitrogens with zero attached hydrogens (tertiary/aromatic N) is 4. The summed E-state index contributed by atoms with van der Waals surface area (Å²) in [5, 5.41) is 24.3. The van der Waals surface area contributed by atoms with E-state index in [1.165, 1.54) is 0 Å². The van der Waals surface area contributed by atoms with Gasteiger partial charge >= 0.3 is 0 Å². The first-order valence-corrected chi connectivity index (χ1v) is 10.3. The summed E-state index contributed by atoms with van der Waals surface area (Å²) in [5.41, 5.74) is 0.572. The minimum absolute atomic E-state index is 0.0116. The van der Waals surface area contributed by atoms with E-state index in [1.54, 1.807) is 47.0 Å². The minimum atomic E-state index is -3.57. The number of hydrogen-bond acceptors (Lipinski definition) is 8. The predicted octanol–water partition coefficient (Wildman–Crippen LogP) is 0.0661. The Balaban J connectivity index is 1.59. The summed E-state index contributed by atoms with van der Waals surface area (Å²) < 4.78 is 33.8. The maximum atomic E-state index is 12.3. The van der Waals surface area contributed by atoms with Crippen molar-refractivity contribution in [3.63, 3.8) is 0 Å². The van der Waals surface area contributed by atoms with Crippen LogP contribution in [0.3, 0.4) is 0 Å². The fraction of sp³-hybridized carbons (Fsp3) is 0.353. The van der Waals surface area contributed by atoms with Crippen LogP contribution in [0.5, 0.6) is 0 Å². The highest BCUT2D eigenvalue weighted by molar-refractivity contribution is 7.89. The van der Waals surface area contributed by atoms with E-state index in [0.29, 0.717) is 43.5 Å². The number of aromatic nitrogens is 4. The van der Waals surface area contributed by atoms with E-state index >= 15 is 0 Å². The van der Waals surface area contributed by atoms with Crippen LogP contribution < -0.4 is 10.0 Å². The first-order valence-electron chi connectivity index (χ1n) is 8.79. The topological polar surface area (TPSA) is 131 Å². The van der Waals surface area contributed by atoms with Gasteiger partial charge in [-0.1, -0.05) is 18.2 Å². The number of hydrogen-bond donors (Lipinski definition) is 3. The molecule has 0 saturated carbocycles. The van der Waals surface area contributed by atoms with Crippen LogP contribution in [-0.2, 0) is 21.2 Å². The number of fused-ring (bicyclic) bond motifs is 1. The molecule has 0 spiro atoms. The lowest BCUT2D eigenvalue weighted by molar-refractivity contribution is 0.0992. The first kappa shape index (κ1) is 20.1. The number of anilines is 1. The predicted molar refractivity (Wildman–Crippen MR) is 103 cm³/mol. The van der Waals surface area contributed by atoms with Crippen molar-refractivity contribution in [2.24, 2.45) is 0 Å². The van der Waals surface area contributed by atoms with Crippen molar-refractivity contribution >= 4 is 21.5 Å². The SMILES string of the molecule is O=S(=O)(NCCc1nnc2ccc(NCCOCCO)nn12)c1ccccc1. The van der Waals surface area contributed by atoms with E-state index < -0.39 is 10.0 Å². The Morgan fingerprint density at radius 2 is 1.86 bits per heavy atom. The molecule has 2 aromatic heterocycles. The molecule has 1 aromatic carbocycles. The van der Waals surface area contributed by atoms with Crippen molar-refractivity contribution in [2.45, 2.75) is 11.3 Å². The lowest BCUT2D eigenvalue weighted by Gasteiger charge is -2.07. The highest BCUT2D eigenvalue weighted by Gasteiger charge is 2.14. The van der Waals surface area contributed by atoms with Gasteiger partial charge in [0.15, 0.2) is 11.5 Å². The molecule has 28 heavy (non-hydrogen) atoms. The molecular weight excluding hydrogens is 384 g/mol. The van der Waals surface area contributed by atoms with Gasteiger partial charge in [0.2, 0.25) is 10.0 Å². The molecule has 0 saturated heterocycles. The molecule has 0 bridgehead atoms. The van der Waals surface area contributed by atoms with Gasteiger partial charge < -0.3 is 15.2 Å². The molecule has 0 amide bonds. The van der Waals surface area contributed by atoms with Gasteiger partial charge in [0.1, 0.15) is 5.82 Å². The Morgan fingerprint density at radius 3 is 2.64 bits per heavy atom. The van der Waals surface area contributed by atoms with Gasteiger partial charge in [0, 0.05) is 19.5 Å². The van der Waals surface area contributed by atoms with Gasteiger partial charge in [-0.25, -0.2) is 13.1 Å². The van der Waals surface area contributed by atoms with Crippen molar-refractivity contribution in [1.82, 2.24) is 24.5 Å². The molecule has 2 heterocycles. The molecule has 3 rings (SSSR count). The average molecular weight is 406 g/mol. The van der Waals surface area contributed by atoms with E-state index in [9.17, 15) is 8.42 Å². The molecule has 0 aliphatic heterocycles. The van der Waals surface area contributed by atoms with Crippen LogP contribution in [0.15, 0.2) is 47.4 Å². The Bertz CT molecular complexity index is 993. The molecule has 0 unspecified atom stereocenters. The molecule has 0 aliphatic rings. The van der Waals surface area contributed by atoms with E-state index in [0.717, 1.165) is 0 Å². The smallest absolute Gasteiger partial charge is 0.240 e. The summed E-state index contributed by atoms with van der Waals surface area (Å²) in [6.07, 6.45) is 0.337. The minimum Gasteiger partial charge on any atom is -0.394 e. The zero-order chi connectivity index (χ0) is 19.8. The molecule has 10 nitrogen and oxygen atoms in total. The van der Waals surface area contributed by atoms with E-state index in [2.05, 4.69) is 25.3 Å². The second-order valence-corrected chi connectivity index (χ2v) is 7.60. The monoisotopic (exact) mass is 406 g/mol. The molecule has 150 valence electrons. The average Bonchev–Trinajstić information content (AvgIpc) is 3.11. The Morgan fingerprint density at radius 1 is 1.04 bits per heavy atom. The number of benzene rings is 1. The van der Waals surface area contributed by atoms with Crippen LogP contribution in [0.1, 0.15) is 5.82 Å². The summed E-state index contributed by atoms with van der Waals surface area (Å²) >= 11 is 0. The first-order chi connectivity index (χ1) is 13.6. The van der Waals surface area contributed by atoms with Crippen molar-refractivity contribution in [3.8, 4) is 0 Å². The second-order valence-electron chi connectivity index (χ2n) is 5.83. The number of ether oxygens (including phenoxy) is 1. The molecule has 0 aliphatic carbocycles. The van der Waals surface area contributed by atoms with Gasteiger partial charge in [-0.15, -0.1) is 15.3 Å². The van der Waals surface area contributed by atoms with Gasteiger partial charge in [-0.2, -0.15) is 4.52 Å². The van der Waals surface area contributed by atoms with Crippen LogP contribution in [-0.4, -0.2) is 66.2 Å². The van der Waals surface area contributed by atoms with E-state index in [1.807, 2.05) is 0 Å². The highest BCUT2D eigenvalue weighted by atomic mass is 32.2. The van der Waals surface area contributed by atoms with Crippen LogP contribution in [0.4, 0.5) is 5.82 Å². The zero-order valence-electron chi connectivity index (χ0n) is 15.2. The quantitative estimate of drug-likeness (QED) is 0.381. The Kier molecular flexibility index (Phi) is 6.87. The Hall–Kier alpha value is -2.60. The van der Waals surface area contributed by atoms with Gasteiger partial charge in [-0.05, 0) is 24.3 Å². The molecule has 0 atom stereocenters. The van der Waals surface area contributed by atoms with Crippen molar-refractivity contribution in [1.29, 1.82) is 0 Å². The molecule has 3 N–H and O–H groups in total. The fourth-order valence-corrected chi connectivity index (χ4v) is 3.53. The van der Waals surface area contributed by atoms with Crippen molar-refractivity contribution in [3.05, 3.63) is 48.3 Å². The summed E-state index contributed by atoms with van der Waals surface area (Å²) in [6.45, 7) is 1.43. The third-order valence-electron chi connectivity index (χ3n) is 3.81. The van der Waals surface area contributed by atoms with Gasteiger partial charge in [0.05, 0.1) is 24.7 Å². The summed E-state index contributed by atoms with van der Waals surface area (Å²) in [5.74, 6) is 1.16. The summed E-state index contributed by atoms with van der Waals surface area (Å²) in [4.78, 5) is 0.217. The number of aliphatic hydroxyl groups is 1.